The number of rotatable bonds is 6. The van der Waals surface area contributed by atoms with Crippen molar-refractivity contribution in [1.29, 1.82) is 0 Å². The molecular formula is C25H34N4O. The summed E-state index contributed by atoms with van der Waals surface area (Å²) in [5.74, 6) is 0.181. The minimum absolute atomic E-state index is 0.181. The number of hydrogen-bond acceptors (Lipinski definition) is 4. The van der Waals surface area contributed by atoms with Crippen LogP contribution in [0.1, 0.15) is 37.8 Å². The highest BCUT2D eigenvalue weighted by Gasteiger charge is 2.27. The SMILES string of the molecule is CCN1CCN(c2ccc(NC(C(=O)N3CCCCC3)c3ccccc3)cc2)CC1. The maximum absolute atomic E-state index is 13.3. The molecule has 1 atom stereocenters. The smallest absolute Gasteiger partial charge is 0.249 e. The zero-order valence-electron chi connectivity index (χ0n) is 18.1. The third kappa shape index (κ3) is 4.96. The van der Waals surface area contributed by atoms with Crippen LogP contribution in [0.4, 0.5) is 11.4 Å². The third-order valence-corrected chi connectivity index (χ3v) is 6.41. The number of carbonyl (C=O) groups excluding carboxylic acids is 1. The average molecular weight is 407 g/mol. The van der Waals surface area contributed by atoms with E-state index in [0.717, 1.165) is 69.9 Å². The number of nitrogens with zero attached hydrogens (tertiary/aromatic N) is 3. The second-order valence-electron chi connectivity index (χ2n) is 8.34. The van der Waals surface area contributed by atoms with Gasteiger partial charge in [-0.3, -0.25) is 4.79 Å². The number of carbonyl (C=O) groups is 1. The van der Waals surface area contributed by atoms with Crippen LogP contribution in [0, 0.1) is 0 Å². The molecule has 2 heterocycles. The van der Waals surface area contributed by atoms with Crippen molar-refractivity contribution in [3.63, 3.8) is 0 Å². The number of piperidine rings is 1. The second kappa shape index (κ2) is 9.98. The van der Waals surface area contributed by atoms with Crippen LogP contribution >= 0.6 is 0 Å². The number of amides is 1. The van der Waals surface area contributed by atoms with Gasteiger partial charge in [0.25, 0.3) is 0 Å². The van der Waals surface area contributed by atoms with Crippen molar-refractivity contribution in [2.45, 2.75) is 32.2 Å². The minimum Gasteiger partial charge on any atom is -0.370 e. The molecule has 5 nitrogen and oxygen atoms in total. The van der Waals surface area contributed by atoms with Crippen molar-refractivity contribution in [2.75, 3.05) is 56.0 Å². The largest absolute Gasteiger partial charge is 0.370 e. The Morgan fingerprint density at radius 3 is 2.17 bits per heavy atom. The van der Waals surface area contributed by atoms with E-state index in [1.165, 1.54) is 12.1 Å². The first-order valence-electron chi connectivity index (χ1n) is 11.4. The van der Waals surface area contributed by atoms with Crippen LogP contribution in [0.25, 0.3) is 0 Å². The summed E-state index contributed by atoms with van der Waals surface area (Å²) in [4.78, 5) is 20.3. The van der Waals surface area contributed by atoms with E-state index in [4.69, 9.17) is 0 Å². The summed E-state index contributed by atoms with van der Waals surface area (Å²) in [5.41, 5.74) is 3.27. The molecule has 2 aromatic carbocycles. The zero-order chi connectivity index (χ0) is 20.8. The van der Waals surface area contributed by atoms with E-state index in [9.17, 15) is 4.79 Å². The molecular weight excluding hydrogens is 372 g/mol. The molecule has 1 N–H and O–H groups in total. The maximum atomic E-state index is 13.3. The van der Waals surface area contributed by atoms with Crippen molar-refractivity contribution >= 4 is 17.3 Å². The van der Waals surface area contributed by atoms with Crippen molar-refractivity contribution in [3.8, 4) is 0 Å². The van der Waals surface area contributed by atoms with E-state index >= 15 is 0 Å². The monoisotopic (exact) mass is 406 g/mol. The number of likely N-dealkylation sites (tertiary alicyclic amines) is 1. The number of nitrogens with one attached hydrogen (secondary N) is 1. The number of benzene rings is 2. The van der Waals surface area contributed by atoms with Crippen LogP contribution in [0.2, 0.25) is 0 Å². The summed E-state index contributed by atoms with van der Waals surface area (Å²) < 4.78 is 0. The molecule has 2 fully saturated rings. The van der Waals surface area contributed by atoms with E-state index in [2.05, 4.69) is 46.3 Å². The van der Waals surface area contributed by atoms with Gasteiger partial charge in [-0.25, -0.2) is 0 Å². The predicted octanol–water partition coefficient (Wildman–Crippen LogP) is 3.99. The van der Waals surface area contributed by atoms with Crippen molar-refractivity contribution < 1.29 is 4.79 Å². The molecule has 2 aliphatic heterocycles. The lowest BCUT2D eigenvalue weighted by atomic mass is 10.0. The van der Waals surface area contributed by atoms with Gasteiger partial charge in [0.05, 0.1) is 0 Å². The fourth-order valence-corrected chi connectivity index (χ4v) is 4.49. The molecule has 5 heteroatoms. The van der Waals surface area contributed by atoms with Crippen LogP contribution in [0.5, 0.6) is 0 Å². The molecule has 2 aromatic rings. The molecule has 0 bridgehead atoms. The van der Waals surface area contributed by atoms with Gasteiger partial charge in [-0.05, 0) is 55.6 Å². The topological polar surface area (TPSA) is 38.8 Å². The Hall–Kier alpha value is -2.53. The Kier molecular flexibility index (Phi) is 6.90. The van der Waals surface area contributed by atoms with Gasteiger partial charge in [0, 0.05) is 50.6 Å². The molecule has 2 saturated heterocycles. The highest BCUT2D eigenvalue weighted by atomic mass is 16.2. The van der Waals surface area contributed by atoms with Gasteiger partial charge in [-0.1, -0.05) is 37.3 Å². The Bertz CT molecular complexity index is 794. The van der Waals surface area contributed by atoms with Crippen LogP contribution in [0.3, 0.4) is 0 Å². The van der Waals surface area contributed by atoms with Crippen molar-refractivity contribution in [3.05, 3.63) is 60.2 Å². The molecule has 160 valence electrons. The second-order valence-corrected chi connectivity index (χ2v) is 8.34. The molecule has 0 spiro atoms. The summed E-state index contributed by atoms with van der Waals surface area (Å²) in [6.07, 6.45) is 3.43. The Labute approximate surface area is 180 Å². The summed E-state index contributed by atoms with van der Waals surface area (Å²) in [6, 6.07) is 18.3. The predicted molar refractivity (Wildman–Crippen MR) is 124 cm³/mol. The Morgan fingerprint density at radius 2 is 1.53 bits per heavy atom. The number of likely N-dealkylation sites (N-methyl/N-ethyl adjacent to an activating group) is 1. The quantitative estimate of drug-likeness (QED) is 0.787. The van der Waals surface area contributed by atoms with E-state index < -0.39 is 0 Å². The van der Waals surface area contributed by atoms with Crippen molar-refractivity contribution in [1.82, 2.24) is 9.80 Å². The average Bonchev–Trinajstić information content (AvgIpc) is 2.84. The normalized spacial score (nSPS) is 18.8. The molecule has 0 aromatic heterocycles. The van der Waals surface area contributed by atoms with Crippen LogP contribution in [-0.2, 0) is 4.79 Å². The molecule has 0 saturated carbocycles. The fraction of sp³-hybridized carbons (Fsp3) is 0.480. The zero-order valence-corrected chi connectivity index (χ0v) is 18.1. The Balaban J connectivity index is 1.46. The van der Waals surface area contributed by atoms with Crippen LogP contribution in [0.15, 0.2) is 54.6 Å². The molecule has 30 heavy (non-hydrogen) atoms. The van der Waals surface area contributed by atoms with Gasteiger partial charge in [0.1, 0.15) is 6.04 Å². The first kappa shape index (κ1) is 20.7. The van der Waals surface area contributed by atoms with E-state index in [1.807, 2.05) is 35.2 Å². The molecule has 0 aliphatic carbocycles. The molecule has 0 radical (unpaired) electrons. The molecule has 4 rings (SSSR count). The van der Waals surface area contributed by atoms with Gasteiger partial charge in [0.2, 0.25) is 5.91 Å². The van der Waals surface area contributed by atoms with E-state index in [-0.39, 0.29) is 11.9 Å². The number of hydrogen-bond donors (Lipinski definition) is 1. The summed E-state index contributed by atoms with van der Waals surface area (Å²) >= 11 is 0. The minimum atomic E-state index is -0.344. The van der Waals surface area contributed by atoms with E-state index in [1.54, 1.807) is 0 Å². The lowest BCUT2D eigenvalue weighted by Crippen LogP contribution is -2.46. The summed E-state index contributed by atoms with van der Waals surface area (Å²) in [7, 11) is 0. The standard InChI is InChI=1S/C25H34N4O/c1-2-27-17-19-28(20-18-27)23-13-11-22(12-14-23)26-24(21-9-5-3-6-10-21)25(30)29-15-7-4-8-16-29/h3,5-6,9-14,24,26H,2,4,7-8,15-20H2,1H3. The first-order valence-corrected chi connectivity index (χ1v) is 11.4. The maximum Gasteiger partial charge on any atom is 0.249 e. The highest BCUT2D eigenvalue weighted by molar-refractivity contribution is 5.86. The molecule has 1 unspecified atom stereocenters. The fourth-order valence-electron chi connectivity index (χ4n) is 4.49. The van der Waals surface area contributed by atoms with Crippen LogP contribution < -0.4 is 10.2 Å². The summed E-state index contributed by atoms with van der Waals surface area (Å²) in [6.45, 7) is 9.47. The van der Waals surface area contributed by atoms with Crippen molar-refractivity contribution in [2.24, 2.45) is 0 Å². The third-order valence-electron chi connectivity index (χ3n) is 6.41. The summed E-state index contributed by atoms with van der Waals surface area (Å²) in [5, 5.41) is 3.52. The Morgan fingerprint density at radius 1 is 0.867 bits per heavy atom. The first-order chi connectivity index (χ1) is 14.7. The van der Waals surface area contributed by atoms with Gasteiger partial charge >= 0.3 is 0 Å². The number of anilines is 2. The molecule has 1 amide bonds. The van der Waals surface area contributed by atoms with E-state index in [0.29, 0.717) is 0 Å². The van der Waals surface area contributed by atoms with Gasteiger partial charge in [-0.15, -0.1) is 0 Å². The molecule has 2 aliphatic rings. The van der Waals surface area contributed by atoms with Gasteiger partial charge in [0.15, 0.2) is 0 Å². The lowest BCUT2D eigenvalue weighted by Gasteiger charge is -2.35. The van der Waals surface area contributed by atoms with Gasteiger partial charge < -0.3 is 20.0 Å². The number of piperazine rings is 1. The van der Waals surface area contributed by atoms with Gasteiger partial charge in [-0.2, -0.15) is 0 Å². The lowest BCUT2D eigenvalue weighted by molar-refractivity contribution is -0.133. The highest BCUT2D eigenvalue weighted by Crippen LogP contribution is 2.26. The van der Waals surface area contributed by atoms with Crippen LogP contribution in [-0.4, -0.2) is 61.5 Å².